The minimum atomic E-state index is -1.00. The molecule has 9 nitrogen and oxygen atoms in total. The van der Waals surface area contributed by atoms with E-state index in [0.717, 1.165) is 90.8 Å². The number of aryl methyl sites for hydroxylation is 1. The summed E-state index contributed by atoms with van der Waals surface area (Å²) in [4.78, 5) is 19.3. The molecule has 57 heavy (non-hydrogen) atoms. The van der Waals surface area contributed by atoms with E-state index in [4.69, 9.17) is 20.2 Å². The number of benzene rings is 2. The van der Waals surface area contributed by atoms with Gasteiger partial charge in [0.1, 0.15) is 42.4 Å². The van der Waals surface area contributed by atoms with Gasteiger partial charge < -0.3 is 25.4 Å². The summed E-state index contributed by atoms with van der Waals surface area (Å²) in [5, 5.41) is 26.5. The Morgan fingerprint density at radius 3 is 2.77 bits per heavy atom. The van der Waals surface area contributed by atoms with Crippen LogP contribution in [0.2, 0.25) is 0 Å². The highest BCUT2D eigenvalue weighted by Gasteiger charge is 2.52. The van der Waals surface area contributed by atoms with E-state index in [-0.39, 0.29) is 36.1 Å². The van der Waals surface area contributed by atoms with Crippen LogP contribution < -0.4 is 25.4 Å². The second kappa shape index (κ2) is 14.7. The summed E-state index contributed by atoms with van der Waals surface area (Å²) in [6.07, 6.45) is 18.1. The summed E-state index contributed by atoms with van der Waals surface area (Å²) < 4.78 is 13.4. The second-order valence-corrected chi connectivity index (χ2v) is 17.8. The van der Waals surface area contributed by atoms with E-state index in [1.54, 1.807) is 0 Å². The number of rotatable bonds is 6. The van der Waals surface area contributed by atoms with Crippen LogP contribution in [0, 0.1) is 47.0 Å². The van der Waals surface area contributed by atoms with Crippen molar-refractivity contribution in [2.45, 2.75) is 114 Å². The molecule has 5 aliphatic heterocycles. The molecular formula is C48H53N4O5+. The van der Waals surface area contributed by atoms with Crippen molar-refractivity contribution in [2.75, 3.05) is 13.1 Å². The summed E-state index contributed by atoms with van der Waals surface area (Å²) in [5.74, 6) is 12.4. The molecule has 10 atom stereocenters. The molecule has 10 rings (SSSR count). The lowest BCUT2D eigenvalue weighted by Crippen LogP contribution is -3.13. The van der Waals surface area contributed by atoms with E-state index in [1.165, 1.54) is 16.7 Å². The normalized spacial score (nSPS) is 32.8. The highest BCUT2D eigenvalue weighted by atomic mass is 16.5. The topological polar surface area (TPSA) is 131 Å². The molecule has 1 spiro atoms. The zero-order valence-corrected chi connectivity index (χ0v) is 32.7. The first-order valence-corrected chi connectivity index (χ1v) is 21.3. The number of nitrogens with zero attached hydrogens (tertiary/aromatic N) is 1. The van der Waals surface area contributed by atoms with Crippen LogP contribution in [-0.2, 0) is 11.2 Å². The second-order valence-electron chi connectivity index (χ2n) is 17.8. The molecule has 3 aliphatic carbocycles. The quantitative estimate of drug-likeness (QED) is 0.203. The van der Waals surface area contributed by atoms with E-state index in [1.807, 2.05) is 24.3 Å². The molecule has 1 fully saturated rings. The minimum absolute atomic E-state index is 0.0371. The molecule has 0 aromatic heterocycles. The highest BCUT2D eigenvalue weighted by Crippen LogP contribution is 2.52. The Hall–Kier alpha value is -4.48. The van der Waals surface area contributed by atoms with Crippen LogP contribution in [0.4, 0.5) is 0 Å². The van der Waals surface area contributed by atoms with Crippen LogP contribution in [0.3, 0.4) is 0 Å². The number of fused-ring (bicyclic) bond motifs is 6. The van der Waals surface area contributed by atoms with Crippen LogP contribution in [0.15, 0.2) is 71.0 Å². The van der Waals surface area contributed by atoms with Gasteiger partial charge in [0.05, 0.1) is 23.3 Å². The number of quaternary nitrogens is 1. The standard InChI is InChI=1S/C48H52N4O5/c1-28-4-8-30(9-5-28)41(55)23-32(53)11-6-29-7-17-42-43(22-29)57-47-38(48(20-21-56-42)18-2-3-19-48)15-16-40(54)34-13-14-35-44-31(24-51-46(35)49)10-12-33(45(34)44)36-25-50-39-27-52(47)26-37(36)39/h4,7-8,13-14,17,22,25-26,28,30-31,33,38,40-41,46-47,51,54-55H,2-3,5-6,9-12,18-19,23-24,27,49H2,1H3/p+1. The molecule has 10 unspecified atom stereocenters. The molecule has 9 heteroatoms. The Bertz CT molecular complexity index is 2240. The predicted molar refractivity (Wildman–Crippen MR) is 217 cm³/mol. The number of Topliss-reactive ketones (excluding diaryl/α,β-unsaturated/α-hetero) is 1. The fraction of sp³-hybridized carbons (Fsp3) is 0.500. The van der Waals surface area contributed by atoms with Gasteiger partial charge >= 0.3 is 0 Å². The molecule has 2 aromatic rings. The van der Waals surface area contributed by atoms with Gasteiger partial charge in [-0.3, -0.25) is 20.0 Å². The van der Waals surface area contributed by atoms with Gasteiger partial charge in [0.15, 0.2) is 11.5 Å². The lowest BCUT2D eigenvalue weighted by atomic mass is 9.67. The molecule has 5 heterocycles. The SMILES string of the molecule is CC1C=CC(C(O)CC(=O)CCc2ccc3c(c2)OC2C(C#CC(O)c4ccc5c6c4C(CCC6CNC5N)C4=CN=C5C[NH+]2C=C45)C2(C#CO3)CCCC2)CC1. The number of allylic oxidation sites excluding steroid dienone is 2. The number of aliphatic imine (C=N–C) groups is 1. The summed E-state index contributed by atoms with van der Waals surface area (Å²) >= 11 is 0. The maximum atomic E-state index is 13.1. The molecule has 0 radical (unpaired) electrons. The molecule has 0 amide bonds. The van der Waals surface area contributed by atoms with E-state index < -0.39 is 23.9 Å². The lowest BCUT2D eigenvalue weighted by molar-refractivity contribution is -0.888. The smallest absolute Gasteiger partial charge is 0.252 e. The van der Waals surface area contributed by atoms with Crippen LogP contribution in [0.25, 0.3) is 0 Å². The van der Waals surface area contributed by atoms with Gasteiger partial charge in [-0.2, -0.15) is 0 Å². The van der Waals surface area contributed by atoms with Crippen molar-refractivity contribution in [3.63, 3.8) is 0 Å². The van der Waals surface area contributed by atoms with Gasteiger partial charge in [0.2, 0.25) is 0 Å². The zero-order chi connectivity index (χ0) is 38.8. The van der Waals surface area contributed by atoms with E-state index in [0.29, 0.717) is 42.7 Å². The third kappa shape index (κ3) is 6.58. The van der Waals surface area contributed by atoms with Crippen LogP contribution in [0.1, 0.15) is 123 Å². The van der Waals surface area contributed by atoms with Gasteiger partial charge in [0.25, 0.3) is 6.23 Å². The number of ketones is 1. The highest BCUT2D eigenvalue weighted by molar-refractivity contribution is 6.08. The van der Waals surface area contributed by atoms with E-state index in [2.05, 4.69) is 66.7 Å². The number of carbonyl (C=O) groups excluding carboxylic acids is 1. The fourth-order valence-corrected chi connectivity index (χ4v) is 11.1. The van der Waals surface area contributed by atoms with Crippen molar-refractivity contribution in [1.82, 2.24) is 5.32 Å². The predicted octanol–water partition coefficient (Wildman–Crippen LogP) is 5.17. The number of carbonyl (C=O) groups is 1. The van der Waals surface area contributed by atoms with Gasteiger partial charge in [-0.25, -0.2) is 0 Å². The average molecular weight is 766 g/mol. The molecule has 294 valence electrons. The summed E-state index contributed by atoms with van der Waals surface area (Å²) in [6.45, 7) is 3.66. The van der Waals surface area contributed by atoms with Crippen LogP contribution >= 0.6 is 0 Å². The van der Waals surface area contributed by atoms with Crippen molar-refractivity contribution < 1.29 is 29.4 Å². The number of nitrogens with two attached hydrogens (primary N) is 1. The maximum absolute atomic E-state index is 13.1. The maximum Gasteiger partial charge on any atom is 0.252 e. The summed E-state index contributed by atoms with van der Waals surface area (Å²) in [6, 6.07) is 10.00. The third-order valence-electron chi connectivity index (χ3n) is 14.3. The van der Waals surface area contributed by atoms with E-state index >= 15 is 0 Å². The number of aliphatic hydroxyl groups excluding tert-OH is 2. The molecule has 1 saturated carbocycles. The number of hydrogen-bond acceptors (Lipinski definition) is 8. The molecule has 8 aliphatic rings. The Morgan fingerprint density at radius 1 is 1.07 bits per heavy atom. The molecule has 2 bridgehead atoms. The van der Waals surface area contributed by atoms with Crippen molar-refractivity contribution in [3.05, 3.63) is 93.8 Å². The van der Waals surface area contributed by atoms with Crippen molar-refractivity contribution in [2.24, 2.45) is 33.9 Å². The summed E-state index contributed by atoms with van der Waals surface area (Å²) in [5.41, 5.74) is 15.0. The Balaban J connectivity index is 1.01. The average Bonchev–Trinajstić information content (AvgIpc) is 3.96. The fourth-order valence-electron chi connectivity index (χ4n) is 11.1. The van der Waals surface area contributed by atoms with Gasteiger partial charge in [-0.05, 0) is 102 Å². The molecule has 6 N–H and O–H groups in total. The first-order valence-electron chi connectivity index (χ1n) is 21.3. The number of hydrogen-bond donors (Lipinski definition) is 5. The van der Waals surface area contributed by atoms with Gasteiger partial charge in [0, 0.05) is 37.4 Å². The van der Waals surface area contributed by atoms with Crippen LogP contribution in [0.5, 0.6) is 11.5 Å². The van der Waals surface area contributed by atoms with Gasteiger partial charge in [-0.15, -0.1) is 0 Å². The molecule has 2 aromatic carbocycles. The molecule has 0 saturated heterocycles. The number of ether oxygens (including phenoxy) is 2. The first-order chi connectivity index (χ1) is 27.7. The lowest BCUT2D eigenvalue weighted by Gasteiger charge is -2.41. The zero-order valence-electron chi connectivity index (χ0n) is 32.7. The van der Waals surface area contributed by atoms with Crippen LogP contribution in [-0.4, -0.2) is 47.1 Å². The minimum Gasteiger partial charge on any atom is -0.437 e. The van der Waals surface area contributed by atoms with Crippen molar-refractivity contribution in [3.8, 4) is 35.4 Å². The Kier molecular flexibility index (Phi) is 9.51. The first kappa shape index (κ1) is 36.8. The summed E-state index contributed by atoms with van der Waals surface area (Å²) in [7, 11) is 0. The Morgan fingerprint density at radius 2 is 1.93 bits per heavy atom. The van der Waals surface area contributed by atoms with Crippen molar-refractivity contribution >= 4 is 11.5 Å². The number of nitrogens with one attached hydrogen (secondary N) is 2. The van der Waals surface area contributed by atoms with Gasteiger partial charge in [-0.1, -0.05) is 67.9 Å². The largest absolute Gasteiger partial charge is 0.437 e. The van der Waals surface area contributed by atoms with E-state index in [9.17, 15) is 15.0 Å². The molecular weight excluding hydrogens is 713 g/mol. The Labute approximate surface area is 335 Å². The van der Waals surface area contributed by atoms with Crippen molar-refractivity contribution in [1.29, 1.82) is 0 Å². The monoisotopic (exact) mass is 765 g/mol. The third-order valence-corrected chi connectivity index (χ3v) is 14.3. The number of aliphatic hydroxyl groups is 2.